The molecule has 148 valence electrons. The molecule has 0 saturated carbocycles. The van der Waals surface area contributed by atoms with Crippen LogP contribution in [-0.4, -0.2) is 53.4 Å². The first-order valence-corrected chi connectivity index (χ1v) is 10.1. The van der Waals surface area contributed by atoms with Gasteiger partial charge in [0.1, 0.15) is 0 Å². The van der Waals surface area contributed by atoms with Crippen molar-refractivity contribution in [1.82, 2.24) is 9.88 Å². The van der Waals surface area contributed by atoms with Gasteiger partial charge in [-0.1, -0.05) is 29.3 Å². The van der Waals surface area contributed by atoms with E-state index in [1.807, 2.05) is 38.4 Å². The number of benzene rings is 1. The Labute approximate surface area is 180 Å². The average molecular weight is 428 g/mol. The summed E-state index contributed by atoms with van der Waals surface area (Å²) in [6, 6.07) is 9.20. The minimum Gasteiger partial charge on any atom is -0.306 e. The second-order valence-corrected chi connectivity index (χ2v) is 8.38. The molecule has 0 aliphatic carbocycles. The summed E-state index contributed by atoms with van der Waals surface area (Å²) in [5, 5.41) is 1.31. The first-order chi connectivity index (χ1) is 13.9. The SMILES string of the molecule is C[N+]1(C)C(=O)C=C(c2ccncc2)N=C1N1CCC=C(c2cc(Cl)ccc2Cl)C1. The molecule has 7 heteroatoms. The lowest BCUT2D eigenvalue weighted by atomic mass is 10.0. The van der Waals surface area contributed by atoms with E-state index in [1.165, 1.54) is 0 Å². The summed E-state index contributed by atoms with van der Waals surface area (Å²) >= 11 is 12.6. The van der Waals surface area contributed by atoms with Crippen molar-refractivity contribution >= 4 is 46.3 Å². The van der Waals surface area contributed by atoms with E-state index in [1.54, 1.807) is 24.5 Å². The number of pyridine rings is 1. The van der Waals surface area contributed by atoms with E-state index >= 15 is 0 Å². The molecule has 0 bridgehead atoms. The van der Waals surface area contributed by atoms with Gasteiger partial charge in [0.2, 0.25) is 0 Å². The maximum absolute atomic E-state index is 12.9. The number of carbonyl (C=O) groups is 1. The van der Waals surface area contributed by atoms with Crippen LogP contribution in [0.1, 0.15) is 17.5 Å². The van der Waals surface area contributed by atoms with Crippen LogP contribution < -0.4 is 0 Å². The minimum absolute atomic E-state index is 0.0151. The van der Waals surface area contributed by atoms with Gasteiger partial charge in [0.15, 0.2) is 0 Å². The van der Waals surface area contributed by atoms with E-state index < -0.39 is 0 Å². The third-order valence-electron chi connectivity index (χ3n) is 5.22. The van der Waals surface area contributed by atoms with Crippen LogP contribution in [0.5, 0.6) is 0 Å². The molecule has 2 aliphatic rings. The van der Waals surface area contributed by atoms with Gasteiger partial charge in [0, 0.05) is 41.1 Å². The molecular formula is C22H21Cl2N4O+. The quantitative estimate of drug-likeness (QED) is 0.663. The van der Waals surface area contributed by atoms with Gasteiger partial charge in [-0.25, -0.2) is 4.79 Å². The summed E-state index contributed by atoms with van der Waals surface area (Å²) in [6.07, 6.45) is 8.02. The molecule has 0 radical (unpaired) electrons. The third-order valence-corrected chi connectivity index (χ3v) is 5.78. The van der Waals surface area contributed by atoms with Gasteiger partial charge in [-0.05, 0) is 47.9 Å². The summed E-state index contributed by atoms with van der Waals surface area (Å²) in [5.74, 6) is 0.701. The van der Waals surface area contributed by atoms with Crippen LogP contribution in [0.3, 0.4) is 0 Å². The van der Waals surface area contributed by atoms with Crippen molar-refractivity contribution in [3.63, 3.8) is 0 Å². The zero-order valence-electron chi connectivity index (χ0n) is 16.3. The van der Waals surface area contributed by atoms with Gasteiger partial charge in [-0.15, -0.1) is 0 Å². The van der Waals surface area contributed by atoms with Crippen molar-refractivity contribution in [3.8, 4) is 0 Å². The van der Waals surface area contributed by atoms with E-state index in [4.69, 9.17) is 28.2 Å². The fourth-order valence-electron chi connectivity index (χ4n) is 3.59. The fraction of sp³-hybridized carbons (Fsp3) is 0.227. The van der Waals surface area contributed by atoms with Crippen molar-refractivity contribution in [3.05, 3.63) is 76.0 Å². The molecule has 1 aromatic heterocycles. The van der Waals surface area contributed by atoms with Crippen molar-refractivity contribution in [1.29, 1.82) is 0 Å². The number of amides is 1. The fourth-order valence-corrected chi connectivity index (χ4v) is 4.00. The highest BCUT2D eigenvalue weighted by atomic mass is 35.5. The highest BCUT2D eigenvalue weighted by Gasteiger charge is 2.40. The number of aromatic nitrogens is 1. The summed E-state index contributed by atoms with van der Waals surface area (Å²) in [4.78, 5) is 24.0. The standard InChI is InChI=1S/C22H21Cl2N4O/c1-28(2)21(29)13-20(15-7-9-25-10-8-15)26-22(28)27-11-3-4-16(14-27)18-12-17(23)5-6-19(18)24/h4-10,12-13H,3,11,14H2,1-2H3/q+1. The number of aliphatic imine (C=N–C) groups is 1. The molecule has 5 nitrogen and oxygen atoms in total. The topological polar surface area (TPSA) is 45.6 Å². The number of likely N-dealkylation sites (N-methyl/N-ethyl adjacent to an activating group) is 1. The van der Waals surface area contributed by atoms with Crippen LogP contribution >= 0.6 is 23.2 Å². The number of halogens is 2. The summed E-state index contributed by atoms with van der Waals surface area (Å²) < 4.78 is 0.0607. The maximum atomic E-state index is 12.9. The smallest absolute Gasteiger partial charge is 0.306 e. The number of carbonyl (C=O) groups excluding carboxylic acids is 1. The number of rotatable bonds is 2. The van der Waals surface area contributed by atoms with Gasteiger partial charge >= 0.3 is 11.9 Å². The average Bonchev–Trinajstić information content (AvgIpc) is 2.72. The van der Waals surface area contributed by atoms with Crippen LogP contribution in [-0.2, 0) is 4.79 Å². The van der Waals surface area contributed by atoms with E-state index in [2.05, 4.69) is 16.0 Å². The van der Waals surface area contributed by atoms with Crippen molar-refractivity contribution in [2.75, 3.05) is 27.2 Å². The summed E-state index contributed by atoms with van der Waals surface area (Å²) in [6.45, 7) is 1.39. The van der Waals surface area contributed by atoms with Crippen LogP contribution in [0.15, 0.2) is 59.9 Å². The van der Waals surface area contributed by atoms with E-state index in [0.29, 0.717) is 28.2 Å². The Bertz CT molecular complexity index is 1060. The zero-order chi connectivity index (χ0) is 20.6. The third kappa shape index (κ3) is 3.86. The molecule has 3 heterocycles. The number of nitrogens with zero attached hydrogens (tertiary/aromatic N) is 4. The molecule has 1 aromatic carbocycles. The van der Waals surface area contributed by atoms with Gasteiger partial charge in [0.05, 0.1) is 25.9 Å². The Morgan fingerprint density at radius 3 is 2.62 bits per heavy atom. The predicted molar refractivity (Wildman–Crippen MR) is 117 cm³/mol. The van der Waals surface area contributed by atoms with Crippen molar-refractivity contribution < 1.29 is 9.28 Å². The maximum Gasteiger partial charge on any atom is 0.347 e. The number of hydrogen-bond acceptors (Lipinski definition) is 4. The molecule has 0 saturated heterocycles. The molecule has 2 aliphatic heterocycles. The molecule has 0 spiro atoms. The summed E-state index contributed by atoms with van der Waals surface area (Å²) in [7, 11) is 3.73. The monoisotopic (exact) mass is 427 g/mol. The Hall–Kier alpha value is -2.47. The second-order valence-electron chi connectivity index (χ2n) is 7.53. The lowest BCUT2D eigenvalue weighted by Crippen LogP contribution is -2.59. The van der Waals surface area contributed by atoms with Gasteiger partial charge in [-0.3, -0.25) is 4.98 Å². The Balaban J connectivity index is 1.70. The first kappa shape index (κ1) is 19.8. The Morgan fingerprint density at radius 1 is 1.10 bits per heavy atom. The molecule has 0 N–H and O–H groups in total. The first-order valence-electron chi connectivity index (χ1n) is 9.35. The van der Waals surface area contributed by atoms with Gasteiger partial charge in [-0.2, -0.15) is 9.48 Å². The number of quaternary nitrogens is 1. The zero-order valence-corrected chi connectivity index (χ0v) is 17.8. The van der Waals surface area contributed by atoms with Crippen LogP contribution in [0.2, 0.25) is 10.0 Å². The highest BCUT2D eigenvalue weighted by Crippen LogP contribution is 2.32. The number of hydrogen-bond donors (Lipinski definition) is 0. The molecule has 2 aromatic rings. The molecular weight excluding hydrogens is 407 g/mol. The molecule has 29 heavy (non-hydrogen) atoms. The normalized spacial score (nSPS) is 18.8. The van der Waals surface area contributed by atoms with E-state index in [-0.39, 0.29) is 10.4 Å². The molecule has 0 fully saturated rings. The van der Waals surface area contributed by atoms with Crippen molar-refractivity contribution in [2.45, 2.75) is 6.42 Å². The summed E-state index contributed by atoms with van der Waals surface area (Å²) in [5.41, 5.74) is 3.53. The van der Waals surface area contributed by atoms with Crippen LogP contribution in [0, 0.1) is 0 Å². The lowest BCUT2D eigenvalue weighted by Gasteiger charge is -2.37. The molecule has 0 atom stereocenters. The predicted octanol–water partition coefficient (Wildman–Crippen LogP) is 4.49. The molecule has 4 rings (SSSR count). The van der Waals surface area contributed by atoms with Crippen LogP contribution in [0.25, 0.3) is 11.3 Å². The van der Waals surface area contributed by atoms with E-state index in [9.17, 15) is 4.79 Å². The van der Waals surface area contributed by atoms with Gasteiger partial charge in [0.25, 0.3) is 0 Å². The second kappa shape index (κ2) is 7.75. The highest BCUT2D eigenvalue weighted by molar-refractivity contribution is 6.34. The van der Waals surface area contributed by atoms with Gasteiger partial charge < -0.3 is 4.90 Å². The van der Waals surface area contributed by atoms with Crippen molar-refractivity contribution in [2.24, 2.45) is 4.99 Å². The Morgan fingerprint density at radius 2 is 1.86 bits per heavy atom. The number of guanidine groups is 1. The molecule has 0 unspecified atom stereocenters. The minimum atomic E-state index is -0.0151. The van der Waals surface area contributed by atoms with Crippen LogP contribution in [0.4, 0.5) is 0 Å². The van der Waals surface area contributed by atoms with E-state index in [0.717, 1.165) is 29.7 Å². The largest absolute Gasteiger partial charge is 0.347 e. The molecule has 1 amide bonds. The Kier molecular flexibility index (Phi) is 5.30. The lowest BCUT2D eigenvalue weighted by molar-refractivity contribution is -0.722.